The Balaban J connectivity index is 2.16. The monoisotopic (exact) mass is 244 g/mol. The highest BCUT2D eigenvalue weighted by atomic mass is 19.4. The predicted octanol–water partition coefficient (Wildman–Crippen LogP) is 3.28. The van der Waals surface area contributed by atoms with Crippen LogP contribution < -0.4 is 0 Å². The van der Waals surface area contributed by atoms with E-state index >= 15 is 0 Å². The van der Waals surface area contributed by atoms with Crippen LogP contribution in [0.3, 0.4) is 0 Å². The molecule has 0 saturated heterocycles. The molecule has 0 aliphatic heterocycles. The number of carboxylic acid groups (broad SMARTS) is 1. The van der Waals surface area contributed by atoms with Crippen LogP contribution >= 0.6 is 0 Å². The van der Waals surface area contributed by atoms with Gasteiger partial charge < -0.3 is 5.11 Å². The van der Waals surface area contributed by atoms with Gasteiger partial charge in [-0.15, -0.1) is 0 Å². The number of aliphatic carboxylic acids is 1. The number of halogens is 3. The van der Waals surface area contributed by atoms with E-state index in [4.69, 9.17) is 5.11 Å². The van der Waals surface area contributed by atoms with Gasteiger partial charge in [-0.2, -0.15) is 13.2 Å². The first-order valence-electron chi connectivity index (χ1n) is 5.29. The molecule has 1 fully saturated rings. The number of hydrogen-bond donors (Lipinski definition) is 1. The maximum Gasteiger partial charge on any atom is 0.416 e. The fourth-order valence-electron chi connectivity index (χ4n) is 2.11. The topological polar surface area (TPSA) is 37.3 Å². The summed E-state index contributed by atoms with van der Waals surface area (Å²) in [5, 5.41) is 8.87. The van der Waals surface area contributed by atoms with Gasteiger partial charge in [0.1, 0.15) is 0 Å². The molecular weight excluding hydrogens is 233 g/mol. The van der Waals surface area contributed by atoms with E-state index in [0.29, 0.717) is 12.0 Å². The second-order valence-corrected chi connectivity index (χ2v) is 4.25. The highest BCUT2D eigenvalue weighted by molar-refractivity contribution is 5.72. The van der Waals surface area contributed by atoms with Crippen molar-refractivity contribution in [3.8, 4) is 0 Å². The van der Waals surface area contributed by atoms with Crippen molar-refractivity contribution in [1.82, 2.24) is 0 Å². The maximum atomic E-state index is 12.3. The zero-order valence-corrected chi connectivity index (χ0v) is 8.87. The highest BCUT2D eigenvalue weighted by Gasteiger charge is 2.38. The summed E-state index contributed by atoms with van der Waals surface area (Å²) in [7, 11) is 0. The highest BCUT2D eigenvalue weighted by Crippen LogP contribution is 2.43. The molecule has 2 nitrogen and oxygen atoms in total. The van der Waals surface area contributed by atoms with Crippen LogP contribution in [0.2, 0.25) is 0 Å². The molecule has 1 aromatic rings. The lowest BCUT2D eigenvalue weighted by atomic mass is 9.70. The van der Waals surface area contributed by atoms with Gasteiger partial charge in [-0.1, -0.05) is 12.1 Å². The third-order valence-corrected chi connectivity index (χ3v) is 3.26. The number of alkyl halides is 3. The van der Waals surface area contributed by atoms with Crippen molar-refractivity contribution < 1.29 is 23.1 Å². The van der Waals surface area contributed by atoms with Crippen molar-refractivity contribution in [3.05, 3.63) is 35.4 Å². The van der Waals surface area contributed by atoms with Gasteiger partial charge in [-0.3, -0.25) is 4.79 Å². The van der Waals surface area contributed by atoms with Gasteiger partial charge in [0.05, 0.1) is 11.5 Å². The molecule has 0 bridgehead atoms. The molecule has 1 aromatic carbocycles. The Morgan fingerprint density at radius 1 is 1.18 bits per heavy atom. The molecule has 2 atom stereocenters. The van der Waals surface area contributed by atoms with Crippen LogP contribution in [-0.2, 0) is 11.0 Å². The van der Waals surface area contributed by atoms with Crippen LogP contribution in [0.5, 0.6) is 0 Å². The van der Waals surface area contributed by atoms with Gasteiger partial charge in [0, 0.05) is 0 Å². The van der Waals surface area contributed by atoms with Crippen LogP contribution in [0, 0.1) is 5.92 Å². The smallest absolute Gasteiger partial charge is 0.416 e. The lowest BCUT2D eigenvalue weighted by Crippen LogP contribution is -2.30. The summed E-state index contributed by atoms with van der Waals surface area (Å²) in [5.74, 6) is -1.47. The Morgan fingerprint density at radius 3 is 2.12 bits per heavy atom. The third-order valence-electron chi connectivity index (χ3n) is 3.26. The number of carboxylic acids is 1. The molecule has 0 radical (unpaired) electrons. The van der Waals surface area contributed by atoms with Crippen molar-refractivity contribution >= 4 is 5.97 Å². The molecule has 0 aromatic heterocycles. The number of hydrogen-bond acceptors (Lipinski definition) is 1. The summed E-state index contributed by atoms with van der Waals surface area (Å²) in [6.07, 6.45) is -3.02. The predicted molar refractivity (Wildman–Crippen MR) is 54.5 cm³/mol. The molecule has 1 aliphatic rings. The zero-order valence-electron chi connectivity index (χ0n) is 8.87. The summed E-state index contributed by atoms with van der Waals surface area (Å²) in [6.45, 7) is 0. The van der Waals surface area contributed by atoms with E-state index in [1.165, 1.54) is 12.1 Å². The lowest BCUT2D eigenvalue weighted by Gasteiger charge is -2.33. The summed E-state index contributed by atoms with van der Waals surface area (Å²) < 4.78 is 37.0. The van der Waals surface area contributed by atoms with Crippen LogP contribution in [0.25, 0.3) is 0 Å². The summed E-state index contributed by atoms with van der Waals surface area (Å²) in [5.41, 5.74) is -0.0240. The van der Waals surface area contributed by atoms with E-state index in [1.807, 2.05) is 0 Å². The van der Waals surface area contributed by atoms with E-state index in [2.05, 4.69) is 0 Å². The molecule has 0 heterocycles. The van der Waals surface area contributed by atoms with E-state index < -0.39 is 23.6 Å². The van der Waals surface area contributed by atoms with Crippen molar-refractivity contribution in [1.29, 1.82) is 0 Å². The molecule has 1 aliphatic carbocycles. The fourth-order valence-corrected chi connectivity index (χ4v) is 2.11. The maximum absolute atomic E-state index is 12.3. The van der Waals surface area contributed by atoms with Crippen molar-refractivity contribution in [2.24, 2.45) is 5.92 Å². The molecule has 0 spiro atoms. The third kappa shape index (κ3) is 2.28. The Labute approximate surface area is 96.1 Å². The average molecular weight is 244 g/mol. The van der Waals surface area contributed by atoms with Crippen LogP contribution in [-0.4, -0.2) is 11.1 Å². The minimum absolute atomic E-state index is 0.144. The van der Waals surface area contributed by atoms with Crippen LogP contribution in [0.15, 0.2) is 24.3 Å². The van der Waals surface area contributed by atoms with E-state index in [-0.39, 0.29) is 5.92 Å². The quantitative estimate of drug-likeness (QED) is 0.866. The molecule has 1 saturated carbocycles. The molecule has 2 unspecified atom stereocenters. The van der Waals surface area contributed by atoms with Crippen molar-refractivity contribution in [2.75, 3.05) is 0 Å². The second kappa shape index (κ2) is 4.05. The van der Waals surface area contributed by atoms with E-state index in [9.17, 15) is 18.0 Å². The largest absolute Gasteiger partial charge is 0.481 e. The summed E-state index contributed by atoms with van der Waals surface area (Å²) >= 11 is 0. The van der Waals surface area contributed by atoms with Crippen LogP contribution in [0.1, 0.15) is 29.9 Å². The van der Waals surface area contributed by atoms with Gasteiger partial charge in [-0.25, -0.2) is 0 Å². The van der Waals surface area contributed by atoms with Crippen molar-refractivity contribution in [2.45, 2.75) is 24.9 Å². The normalized spacial score (nSPS) is 24.2. The number of rotatable bonds is 2. The van der Waals surface area contributed by atoms with E-state index in [0.717, 1.165) is 18.6 Å². The van der Waals surface area contributed by atoms with Crippen molar-refractivity contribution in [3.63, 3.8) is 0 Å². The SMILES string of the molecule is O=C(O)C1CCC1c1ccc(C(F)(F)F)cc1. The summed E-state index contributed by atoms with van der Waals surface area (Å²) in [4.78, 5) is 10.8. The van der Waals surface area contributed by atoms with Crippen LogP contribution in [0.4, 0.5) is 13.2 Å². The Morgan fingerprint density at radius 2 is 1.76 bits per heavy atom. The van der Waals surface area contributed by atoms with Gasteiger partial charge in [0.2, 0.25) is 0 Å². The first kappa shape index (κ1) is 12.0. The Kier molecular flexibility index (Phi) is 2.85. The molecule has 17 heavy (non-hydrogen) atoms. The lowest BCUT2D eigenvalue weighted by molar-refractivity contribution is -0.145. The molecular formula is C12H11F3O2. The standard InChI is InChI=1S/C12H11F3O2/c13-12(14,15)8-3-1-7(2-4-8)9-5-6-10(9)11(16)17/h1-4,9-10H,5-6H2,(H,16,17). The Hall–Kier alpha value is -1.52. The molecule has 2 rings (SSSR count). The zero-order chi connectivity index (χ0) is 12.6. The Bertz CT molecular complexity index is 422. The minimum Gasteiger partial charge on any atom is -0.481 e. The van der Waals surface area contributed by atoms with Gasteiger partial charge in [0.25, 0.3) is 0 Å². The second-order valence-electron chi connectivity index (χ2n) is 4.25. The molecule has 1 N–H and O–H groups in total. The van der Waals surface area contributed by atoms with Gasteiger partial charge in [0.15, 0.2) is 0 Å². The fraction of sp³-hybridized carbons (Fsp3) is 0.417. The number of benzene rings is 1. The first-order valence-corrected chi connectivity index (χ1v) is 5.29. The molecule has 0 amide bonds. The number of carbonyl (C=O) groups is 1. The van der Waals surface area contributed by atoms with Gasteiger partial charge >= 0.3 is 12.1 Å². The minimum atomic E-state index is -4.34. The van der Waals surface area contributed by atoms with Gasteiger partial charge in [-0.05, 0) is 36.5 Å². The molecule has 5 heteroatoms. The average Bonchev–Trinajstić information content (AvgIpc) is 2.14. The van der Waals surface area contributed by atoms with E-state index in [1.54, 1.807) is 0 Å². The summed E-state index contributed by atoms with van der Waals surface area (Å²) in [6, 6.07) is 4.77. The first-order chi connectivity index (χ1) is 7.89. The molecule has 92 valence electrons.